The summed E-state index contributed by atoms with van der Waals surface area (Å²) in [6.45, 7) is 5.91. The van der Waals surface area contributed by atoms with Gasteiger partial charge in [-0.05, 0) is 12.8 Å². The van der Waals surface area contributed by atoms with E-state index >= 15 is 0 Å². The highest BCUT2D eigenvalue weighted by Crippen LogP contribution is 2.08. The minimum atomic E-state index is 0.0679. The van der Waals surface area contributed by atoms with E-state index in [9.17, 15) is 4.79 Å². The second kappa shape index (κ2) is 7.51. The first-order chi connectivity index (χ1) is 6.60. The summed E-state index contributed by atoms with van der Waals surface area (Å²) >= 11 is 0. The van der Waals surface area contributed by atoms with Crippen LogP contribution in [0.5, 0.6) is 0 Å². The van der Waals surface area contributed by atoms with Crippen LogP contribution in [0, 0.1) is 5.92 Å². The molecule has 0 rings (SSSR count). The van der Waals surface area contributed by atoms with Crippen molar-refractivity contribution in [3.8, 4) is 0 Å². The molecular formula is C12H20O2. The van der Waals surface area contributed by atoms with Gasteiger partial charge < -0.3 is 5.11 Å². The predicted octanol–water partition coefficient (Wildman–Crippen LogP) is 2.49. The lowest BCUT2D eigenvalue weighted by molar-refractivity contribution is -0.119. The first-order valence-electron chi connectivity index (χ1n) is 5.07. The van der Waals surface area contributed by atoms with Gasteiger partial charge in [0.25, 0.3) is 0 Å². The van der Waals surface area contributed by atoms with Gasteiger partial charge in [0, 0.05) is 12.8 Å². The molecule has 0 radical (unpaired) electrons. The van der Waals surface area contributed by atoms with Gasteiger partial charge in [0.15, 0.2) is 0 Å². The molecule has 0 bridgehead atoms. The average Bonchev–Trinajstić information content (AvgIpc) is 2.15. The lowest BCUT2D eigenvalue weighted by atomic mass is 10.0. The molecule has 14 heavy (non-hydrogen) atoms. The molecule has 0 fully saturated rings. The van der Waals surface area contributed by atoms with Crippen LogP contribution < -0.4 is 0 Å². The minimum absolute atomic E-state index is 0.0679. The van der Waals surface area contributed by atoms with Crippen molar-refractivity contribution in [3.63, 3.8) is 0 Å². The zero-order chi connectivity index (χ0) is 11.0. The Balaban J connectivity index is 3.98. The zero-order valence-corrected chi connectivity index (χ0v) is 9.29. The third-order valence-corrected chi connectivity index (χ3v) is 2.04. The van der Waals surface area contributed by atoms with Gasteiger partial charge in [-0.2, -0.15) is 0 Å². The Bertz CT molecular complexity index is 226. The van der Waals surface area contributed by atoms with E-state index in [1.165, 1.54) is 0 Å². The Morgan fingerprint density at radius 2 is 2.14 bits per heavy atom. The van der Waals surface area contributed by atoms with E-state index < -0.39 is 0 Å². The first kappa shape index (κ1) is 13.1. The van der Waals surface area contributed by atoms with Crippen LogP contribution >= 0.6 is 0 Å². The van der Waals surface area contributed by atoms with Crippen LogP contribution in [0.1, 0.15) is 33.6 Å². The molecule has 80 valence electrons. The maximum Gasteiger partial charge on any atom is 0.133 e. The molecule has 1 unspecified atom stereocenters. The number of Topliss-reactive ketones (excluding diaryl/α,β-unsaturated/α-hetero) is 1. The Morgan fingerprint density at radius 1 is 1.50 bits per heavy atom. The van der Waals surface area contributed by atoms with Gasteiger partial charge >= 0.3 is 0 Å². The Kier molecular flexibility index (Phi) is 7.03. The summed E-state index contributed by atoms with van der Waals surface area (Å²) in [5, 5.41) is 8.62. The van der Waals surface area contributed by atoms with E-state index in [1.807, 2.05) is 32.9 Å². The zero-order valence-electron chi connectivity index (χ0n) is 9.29. The molecule has 2 heteroatoms. The fraction of sp³-hybridized carbons (Fsp3) is 0.583. The summed E-state index contributed by atoms with van der Waals surface area (Å²) in [4.78, 5) is 11.1. The van der Waals surface area contributed by atoms with Crippen molar-refractivity contribution in [1.29, 1.82) is 0 Å². The van der Waals surface area contributed by atoms with E-state index in [-0.39, 0.29) is 12.5 Å². The monoisotopic (exact) mass is 196 g/mol. The van der Waals surface area contributed by atoms with Gasteiger partial charge in [0.05, 0.1) is 6.61 Å². The summed E-state index contributed by atoms with van der Waals surface area (Å²) in [6.07, 6.45) is 6.92. The number of ketones is 1. The van der Waals surface area contributed by atoms with E-state index in [0.717, 1.165) is 5.57 Å². The highest BCUT2D eigenvalue weighted by molar-refractivity contribution is 5.78. The third kappa shape index (κ3) is 6.61. The van der Waals surface area contributed by atoms with Crippen LogP contribution in [-0.2, 0) is 4.79 Å². The smallest absolute Gasteiger partial charge is 0.133 e. The van der Waals surface area contributed by atoms with Crippen molar-refractivity contribution in [2.75, 3.05) is 6.61 Å². The second-order valence-corrected chi connectivity index (χ2v) is 3.56. The third-order valence-electron chi connectivity index (χ3n) is 2.04. The van der Waals surface area contributed by atoms with Gasteiger partial charge in [-0.25, -0.2) is 0 Å². The summed E-state index contributed by atoms with van der Waals surface area (Å²) in [5.41, 5.74) is 1.03. The maximum absolute atomic E-state index is 11.1. The molecule has 1 atom stereocenters. The van der Waals surface area contributed by atoms with Crippen molar-refractivity contribution < 1.29 is 9.90 Å². The fourth-order valence-corrected chi connectivity index (χ4v) is 1.10. The van der Waals surface area contributed by atoms with Crippen LogP contribution in [0.25, 0.3) is 0 Å². The van der Waals surface area contributed by atoms with E-state index in [4.69, 9.17) is 5.11 Å². The van der Waals surface area contributed by atoms with Crippen molar-refractivity contribution in [2.45, 2.75) is 33.6 Å². The van der Waals surface area contributed by atoms with Gasteiger partial charge in [-0.15, -0.1) is 0 Å². The molecule has 2 nitrogen and oxygen atoms in total. The number of carbonyl (C=O) groups excluding carboxylic acids is 1. The Morgan fingerprint density at radius 3 is 2.64 bits per heavy atom. The quantitative estimate of drug-likeness (QED) is 0.663. The van der Waals surface area contributed by atoms with Crippen LogP contribution in [-0.4, -0.2) is 17.5 Å². The van der Waals surface area contributed by atoms with Crippen LogP contribution in [0.2, 0.25) is 0 Å². The lowest BCUT2D eigenvalue weighted by Gasteiger charge is -2.03. The number of allylic oxidation sites excluding steroid dienone is 3. The maximum atomic E-state index is 11.1. The van der Waals surface area contributed by atoms with Crippen molar-refractivity contribution in [3.05, 3.63) is 23.8 Å². The lowest BCUT2D eigenvalue weighted by Crippen LogP contribution is -2.01. The van der Waals surface area contributed by atoms with Crippen LogP contribution in [0.15, 0.2) is 23.8 Å². The van der Waals surface area contributed by atoms with Gasteiger partial charge in [0.2, 0.25) is 0 Å². The number of rotatable bonds is 6. The number of hydrogen-bond acceptors (Lipinski definition) is 2. The van der Waals surface area contributed by atoms with Gasteiger partial charge in [0.1, 0.15) is 5.78 Å². The molecule has 0 saturated carbocycles. The largest absolute Gasteiger partial charge is 0.392 e. The van der Waals surface area contributed by atoms with Gasteiger partial charge in [-0.3, -0.25) is 4.79 Å². The normalized spacial score (nSPS) is 14.7. The van der Waals surface area contributed by atoms with E-state index in [1.54, 1.807) is 6.08 Å². The van der Waals surface area contributed by atoms with E-state index in [0.29, 0.717) is 18.6 Å². The molecule has 0 aromatic rings. The Labute approximate surface area is 86.3 Å². The molecule has 0 heterocycles. The van der Waals surface area contributed by atoms with Crippen molar-refractivity contribution >= 4 is 5.78 Å². The van der Waals surface area contributed by atoms with Crippen LogP contribution in [0.3, 0.4) is 0 Å². The van der Waals surface area contributed by atoms with Crippen LogP contribution in [0.4, 0.5) is 0 Å². The molecule has 0 aliphatic heterocycles. The molecule has 0 aromatic carbocycles. The topological polar surface area (TPSA) is 37.3 Å². The minimum Gasteiger partial charge on any atom is -0.392 e. The molecular weight excluding hydrogens is 176 g/mol. The molecule has 1 N–H and O–H groups in total. The molecule has 0 saturated heterocycles. The Hall–Kier alpha value is -0.890. The average molecular weight is 196 g/mol. The number of aliphatic hydroxyl groups excluding tert-OH is 1. The summed E-state index contributed by atoms with van der Waals surface area (Å²) < 4.78 is 0. The second-order valence-electron chi connectivity index (χ2n) is 3.56. The number of carbonyl (C=O) groups is 1. The number of aliphatic hydroxyl groups is 1. The molecule has 0 amide bonds. The molecule has 0 aliphatic rings. The fourth-order valence-electron chi connectivity index (χ4n) is 1.10. The highest BCUT2D eigenvalue weighted by atomic mass is 16.2. The summed E-state index contributed by atoms with van der Waals surface area (Å²) in [7, 11) is 0. The molecule has 0 spiro atoms. The van der Waals surface area contributed by atoms with Crippen molar-refractivity contribution in [1.82, 2.24) is 0 Å². The SMILES string of the molecule is CCC(=O)CC(C)C=CC(C)=CCO. The van der Waals surface area contributed by atoms with Gasteiger partial charge in [-0.1, -0.05) is 37.6 Å². The van der Waals surface area contributed by atoms with E-state index in [2.05, 4.69) is 0 Å². The standard InChI is InChI=1S/C12H20O2/c1-4-12(14)9-11(3)6-5-10(2)7-8-13/h5-7,11,13H,4,8-9H2,1-3H3. The first-order valence-corrected chi connectivity index (χ1v) is 5.07. The summed E-state index contributed by atoms with van der Waals surface area (Å²) in [5.74, 6) is 0.579. The summed E-state index contributed by atoms with van der Waals surface area (Å²) in [6, 6.07) is 0. The number of hydrogen-bond donors (Lipinski definition) is 1. The highest BCUT2D eigenvalue weighted by Gasteiger charge is 2.03. The molecule has 0 aliphatic carbocycles. The molecule has 0 aromatic heterocycles. The predicted molar refractivity (Wildman–Crippen MR) is 59.1 cm³/mol. The van der Waals surface area contributed by atoms with Crippen molar-refractivity contribution in [2.24, 2.45) is 5.92 Å².